The van der Waals surface area contributed by atoms with Crippen molar-refractivity contribution in [3.05, 3.63) is 59.1 Å². The monoisotopic (exact) mass is 313 g/mol. The number of hydrogen-bond acceptors (Lipinski definition) is 2. The Morgan fingerprint density at radius 1 is 0.947 bits per heavy atom. The van der Waals surface area contributed by atoms with Crippen molar-refractivity contribution in [2.45, 2.75) is 0 Å². The molecule has 0 aliphatic heterocycles. The van der Waals surface area contributed by atoms with Gasteiger partial charge in [-0.15, -0.1) is 0 Å². The molecule has 1 heterocycles. The van der Waals surface area contributed by atoms with Crippen molar-refractivity contribution in [3.63, 3.8) is 0 Å². The number of nitrogens with one attached hydrogen (secondary N) is 1. The molecule has 0 aliphatic carbocycles. The first kappa shape index (κ1) is 12.0. The van der Waals surface area contributed by atoms with Crippen LogP contribution in [0.5, 0.6) is 0 Å². The number of hydrogen-bond donors (Lipinski definition) is 2. The number of rotatable bonds is 2. The van der Waals surface area contributed by atoms with Crippen LogP contribution in [-0.2, 0) is 0 Å². The molecule has 0 aliphatic rings. The van der Waals surface area contributed by atoms with Crippen molar-refractivity contribution in [2.24, 2.45) is 0 Å². The number of anilines is 1. The van der Waals surface area contributed by atoms with Gasteiger partial charge in [0, 0.05) is 21.3 Å². The first-order valence-corrected chi connectivity index (χ1v) is 6.70. The molecule has 0 unspecified atom stereocenters. The lowest BCUT2D eigenvalue weighted by Gasteiger charge is -2.00. The number of H-pyrrole nitrogens is 1. The summed E-state index contributed by atoms with van der Waals surface area (Å²) in [6, 6.07) is 17.8. The molecule has 4 heteroatoms. The number of aromatic amines is 1. The normalized spacial score (nSPS) is 10.6. The van der Waals surface area contributed by atoms with Gasteiger partial charge in [0.25, 0.3) is 0 Å². The molecule has 3 N–H and O–H groups in total. The van der Waals surface area contributed by atoms with Crippen LogP contribution in [0, 0.1) is 0 Å². The maximum Gasteiger partial charge on any atom is 0.0947 e. The summed E-state index contributed by atoms with van der Waals surface area (Å²) >= 11 is 3.54. The van der Waals surface area contributed by atoms with E-state index in [1.54, 1.807) is 0 Å². The molecule has 0 saturated carbocycles. The van der Waals surface area contributed by atoms with Crippen LogP contribution in [0.1, 0.15) is 0 Å². The van der Waals surface area contributed by atoms with E-state index in [-0.39, 0.29) is 0 Å². The smallest absolute Gasteiger partial charge is 0.0947 e. The molecule has 3 nitrogen and oxygen atoms in total. The van der Waals surface area contributed by atoms with E-state index in [1.165, 1.54) is 0 Å². The van der Waals surface area contributed by atoms with Crippen LogP contribution in [0.2, 0.25) is 0 Å². The summed E-state index contributed by atoms with van der Waals surface area (Å²) < 4.78 is 1.03. The van der Waals surface area contributed by atoms with Crippen LogP contribution in [-0.4, -0.2) is 10.2 Å². The molecule has 19 heavy (non-hydrogen) atoms. The highest BCUT2D eigenvalue weighted by molar-refractivity contribution is 9.10. The Morgan fingerprint density at radius 2 is 1.63 bits per heavy atom. The number of nitrogens with zero attached hydrogens (tertiary/aromatic N) is 1. The minimum absolute atomic E-state index is 0.729. The van der Waals surface area contributed by atoms with Crippen molar-refractivity contribution >= 4 is 21.6 Å². The van der Waals surface area contributed by atoms with Crippen LogP contribution in [0.15, 0.2) is 59.1 Å². The summed E-state index contributed by atoms with van der Waals surface area (Å²) in [5, 5.41) is 7.39. The van der Waals surface area contributed by atoms with Gasteiger partial charge in [-0.3, -0.25) is 5.10 Å². The van der Waals surface area contributed by atoms with Crippen LogP contribution in [0.4, 0.5) is 5.69 Å². The van der Waals surface area contributed by atoms with E-state index in [4.69, 9.17) is 5.73 Å². The Kier molecular flexibility index (Phi) is 3.09. The Labute approximate surface area is 119 Å². The van der Waals surface area contributed by atoms with Crippen LogP contribution in [0.25, 0.3) is 22.5 Å². The molecule has 0 amide bonds. The van der Waals surface area contributed by atoms with Crippen molar-refractivity contribution in [1.82, 2.24) is 10.2 Å². The van der Waals surface area contributed by atoms with Gasteiger partial charge in [0.05, 0.1) is 11.4 Å². The first-order valence-electron chi connectivity index (χ1n) is 5.91. The van der Waals surface area contributed by atoms with E-state index < -0.39 is 0 Å². The summed E-state index contributed by atoms with van der Waals surface area (Å²) in [5.74, 6) is 0. The van der Waals surface area contributed by atoms with Crippen molar-refractivity contribution in [2.75, 3.05) is 5.73 Å². The van der Waals surface area contributed by atoms with Crippen molar-refractivity contribution < 1.29 is 0 Å². The lowest BCUT2D eigenvalue weighted by atomic mass is 10.1. The van der Waals surface area contributed by atoms with Crippen LogP contribution >= 0.6 is 15.9 Å². The van der Waals surface area contributed by atoms with E-state index >= 15 is 0 Å². The molecule has 3 rings (SSSR count). The van der Waals surface area contributed by atoms with Gasteiger partial charge in [0.1, 0.15) is 0 Å². The Morgan fingerprint density at radius 3 is 2.37 bits per heavy atom. The highest BCUT2D eigenvalue weighted by atomic mass is 79.9. The molecule has 0 saturated heterocycles. The number of halogens is 1. The molecular formula is C15H12BrN3. The van der Waals surface area contributed by atoms with E-state index in [2.05, 4.69) is 26.1 Å². The van der Waals surface area contributed by atoms with Gasteiger partial charge >= 0.3 is 0 Å². The van der Waals surface area contributed by atoms with Gasteiger partial charge in [-0.25, -0.2) is 0 Å². The maximum atomic E-state index is 5.97. The average molecular weight is 314 g/mol. The lowest BCUT2D eigenvalue weighted by molar-refractivity contribution is 1.10. The summed E-state index contributed by atoms with van der Waals surface area (Å²) in [6.07, 6.45) is 0. The van der Waals surface area contributed by atoms with Gasteiger partial charge in [-0.2, -0.15) is 5.10 Å². The second kappa shape index (κ2) is 4.90. The predicted molar refractivity (Wildman–Crippen MR) is 81.6 cm³/mol. The van der Waals surface area contributed by atoms with E-state index in [0.717, 1.165) is 32.7 Å². The lowest BCUT2D eigenvalue weighted by Crippen LogP contribution is -1.88. The van der Waals surface area contributed by atoms with Gasteiger partial charge in [0.2, 0.25) is 0 Å². The second-order valence-electron chi connectivity index (χ2n) is 4.23. The molecular weight excluding hydrogens is 302 g/mol. The average Bonchev–Trinajstić information content (AvgIpc) is 2.89. The summed E-state index contributed by atoms with van der Waals surface area (Å²) in [5.41, 5.74) is 10.5. The molecule has 2 aromatic carbocycles. The summed E-state index contributed by atoms with van der Waals surface area (Å²) in [7, 11) is 0. The van der Waals surface area contributed by atoms with Gasteiger partial charge < -0.3 is 5.73 Å². The standard InChI is InChI=1S/C15H12BrN3/c16-12-7-3-1-5-10(12)14-9-15(19-18-14)11-6-2-4-8-13(11)17/h1-9H,17H2,(H,18,19). The maximum absolute atomic E-state index is 5.97. The molecule has 1 aromatic heterocycles. The number of para-hydroxylation sites is 1. The van der Waals surface area contributed by atoms with Crippen molar-refractivity contribution in [3.8, 4) is 22.5 Å². The Hall–Kier alpha value is -2.07. The third-order valence-electron chi connectivity index (χ3n) is 2.98. The van der Waals surface area contributed by atoms with E-state index in [9.17, 15) is 0 Å². The van der Waals surface area contributed by atoms with Crippen LogP contribution < -0.4 is 5.73 Å². The SMILES string of the molecule is Nc1ccccc1-c1cc(-c2ccccc2Br)[nH]n1. The molecule has 3 aromatic rings. The highest BCUT2D eigenvalue weighted by Gasteiger charge is 2.09. The number of nitrogen functional groups attached to an aromatic ring is 1. The second-order valence-corrected chi connectivity index (χ2v) is 5.09. The first-order chi connectivity index (χ1) is 9.25. The molecule has 0 radical (unpaired) electrons. The minimum atomic E-state index is 0.729. The zero-order chi connectivity index (χ0) is 13.2. The predicted octanol–water partition coefficient (Wildman–Crippen LogP) is 4.09. The Balaban J connectivity index is 2.06. The largest absolute Gasteiger partial charge is 0.398 e. The zero-order valence-electron chi connectivity index (χ0n) is 10.1. The van der Waals surface area contributed by atoms with Gasteiger partial charge in [-0.1, -0.05) is 52.3 Å². The molecule has 0 fully saturated rings. The van der Waals surface area contributed by atoms with E-state index in [0.29, 0.717) is 0 Å². The molecule has 0 spiro atoms. The molecule has 94 valence electrons. The number of nitrogens with two attached hydrogens (primary N) is 1. The third-order valence-corrected chi connectivity index (χ3v) is 3.67. The highest BCUT2D eigenvalue weighted by Crippen LogP contribution is 2.30. The Bertz CT molecular complexity index is 659. The van der Waals surface area contributed by atoms with Gasteiger partial charge in [-0.05, 0) is 18.2 Å². The fourth-order valence-corrected chi connectivity index (χ4v) is 2.51. The summed E-state index contributed by atoms with van der Waals surface area (Å²) in [6.45, 7) is 0. The van der Waals surface area contributed by atoms with Crippen molar-refractivity contribution in [1.29, 1.82) is 0 Å². The minimum Gasteiger partial charge on any atom is -0.398 e. The van der Waals surface area contributed by atoms with Gasteiger partial charge in [0.15, 0.2) is 0 Å². The third kappa shape index (κ3) is 2.27. The number of benzene rings is 2. The summed E-state index contributed by atoms with van der Waals surface area (Å²) in [4.78, 5) is 0. The fraction of sp³-hybridized carbons (Fsp3) is 0. The quantitative estimate of drug-likeness (QED) is 0.700. The molecule has 0 atom stereocenters. The zero-order valence-corrected chi connectivity index (χ0v) is 11.7. The molecule has 0 bridgehead atoms. The number of aromatic nitrogens is 2. The van der Waals surface area contributed by atoms with Crippen LogP contribution in [0.3, 0.4) is 0 Å². The fourth-order valence-electron chi connectivity index (χ4n) is 2.01. The van der Waals surface area contributed by atoms with E-state index in [1.807, 2.05) is 54.6 Å². The topological polar surface area (TPSA) is 54.7 Å².